The van der Waals surface area contributed by atoms with Crippen LogP contribution in [0.2, 0.25) is 0 Å². The second-order valence-electron chi connectivity index (χ2n) is 3.85. The number of methoxy groups -OCH3 is 1. The van der Waals surface area contributed by atoms with Gasteiger partial charge in [-0.1, -0.05) is 13.3 Å². The summed E-state index contributed by atoms with van der Waals surface area (Å²) in [6.07, 6.45) is 2.27. The number of hydrogen-bond acceptors (Lipinski definition) is 3. The van der Waals surface area contributed by atoms with Crippen molar-refractivity contribution >= 4 is 0 Å². The topological polar surface area (TPSA) is 38.7 Å². The predicted molar refractivity (Wildman–Crippen MR) is 63.9 cm³/mol. The van der Waals surface area contributed by atoms with E-state index in [-0.39, 0.29) is 12.7 Å². The zero-order valence-electron chi connectivity index (χ0n) is 10.2. The van der Waals surface area contributed by atoms with E-state index in [4.69, 9.17) is 9.47 Å². The predicted octanol–water partition coefficient (Wildman–Crippen LogP) is 2.75. The van der Waals surface area contributed by atoms with Gasteiger partial charge in [0, 0.05) is 5.56 Å². The fraction of sp³-hybridized carbons (Fsp3) is 0.538. The van der Waals surface area contributed by atoms with Crippen molar-refractivity contribution in [1.82, 2.24) is 0 Å². The Bertz CT molecular complexity index is 323. The molecule has 1 aromatic rings. The second-order valence-corrected chi connectivity index (χ2v) is 3.85. The lowest BCUT2D eigenvalue weighted by atomic mass is 10.2. The fourth-order valence-electron chi connectivity index (χ4n) is 1.60. The van der Waals surface area contributed by atoms with Gasteiger partial charge in [-0.15, -0.1) is 0 Å². The van der Waals surface area contributed by atoms with Crippen LogP contribution >= 0.6 is 0 Å². The van der Waals surface area contributed by atoms with Crippen LogP contribution in [-0.4, -0.2) is 18.3 Å². The molecular formula is C13H20O3. The Morgan fingerprint density at radius 3 is 2.69 bits per heavy atom. The number of ether oxygens (including phenoxy) is 2. The van der Waals surface area contributed by atoms with Gasteiger partial charge in [0.2, 0.25) is 0 Å². The Labute approximate surface area is 97.0 Å². The lowest BCUT2D eigenvalue weighted by Crippen LogP contribution is -2.12. The van der Waals surface area contributed by atoms with Gasteiger partial charge in [0.25, 0.3) is 0 Å². The second kappa shape index (κ2) is 6.38. The molecule has 0 saturated heterocycles. The summed E-state index contributed by atoms with van der Waals surface area (Å²) in [5.74, 6) is 1.48. The maximum atomic E-state index is 9.25. The quantitative estimate of drug-likeness (QED) is 0.807. The van der Waals surface area contributed by atoms with Crippen LogP contribution in [0.4, 0.5) is 0 Å². The van der Waals surface area contributed by atoms with Crippen LogP contribution < -0.4 is 9.47 Å². The number of aliphatic hydroxyl groups excluding tert-OH is 1. The zero-order chi connectivity index (χ0) is 12.0. The van der Waals surface area contributed by atoms with Gasteiger partial charge >= 0.3 is 0 Å². The number of aliphatic hydroxyl groups is 1. The summed E-state index contributed by atoms with van der Waals surface area (Å²) < 4.78 is 10.9. The minimum Gasteiger partial charge on any atom is -0.497 e. The van der Waals surface area contributed by atoms with Crippen molar-refractivity contribution in [2.75, 3.05) is 7.11 Å². The van der Waals surface area contributed by atoms with E-state index in [1.807, 2.05) is 19.1 Å². The van der Waals surface area contributed by atoms with Crippen LogP contribution in [0.1, 0.15) is 32.3 Å². The summed E-state index contributed by atoms with van der Waals surface area (Å²) in [6, 6.07) is 5.48. The molecule has 3 heteroatoms. The Kier molecular flexibility index (Phi) is 5.12. The largest absolute Gasteiger partial charge is 0.497 e. The smallest absolute Gasteiger partial charge is 0.125 e. The SMILES string of the molecule is CCCC(C)Oc1ccc(OC)cc1CO. The van der Waals surface area contributed by atoms with Gasteiger partial charge in [0.15, 0.2) is 0 Å². The van der Waals surface area contributed by atoms with Crippen LogP contribution in [0.25, 0.3) is 0 Å². The van der Waals surface area contributed by atoms with E-state index in [1.165, 1.54) is 0 Å². The molecule has 0 aliphatic heterocycles. The van der Waals surface area contributed by atoms with E-state index in [9.17, 15) is 5.11 Å². The molecule has 0 spiro atoms. The first-order valence-corrected chi connectivity index (χ1v) is 5.65. The number of rotatable bonds is 6. The van der Waals surface area contributed by atoms with E-state index >= 15 is 0 Å². The van der Waals surface area contributed by atoms with Gasteiger partial charge in [0.05, 0.1) is 19.8 Å². The molecule has 0 fully saturated rings. The third-order valence-electron chi connectivity index (χ3n) is 2.46. The first kappa shape index (κ1) is 12.8. The standard InChI is InChI=1S/C13H20O3/c1-4-5-10(2)16-13-7-6-12(15-3)8-11(13)9-14/h6-8,10,14H,4-5,9H2,1-3H3. The highest BCUT2D eigenvalue weighted by atomic mass is 16.5. The molecule has 16 heavy (non-hydrogen) atoms. The maximum Gasteiger partial charge on any atom is 0.125 e. The average Bonchev–Trinajstić information content (AvgIpc) is 2.30. The Morgan fingerprint density at radius 2 is 2.12 bits per heavy atom. The molecule has 0 bridgehead atoms. The van der Waals surface area contributed by atoms with Crippen molar-refractivity contribution in [2.45, 2.75) is 39.4 Å². The number of hydrogen-bond donors (Lipinski definition) is 1. The van der Waals surface area contributed by atoms with E-state index in [2.05, 4.69) is 6.92 Å². The third-order valence-corrected chi connectivity index (χ3v) is 2.46. The molecule has 90 valence electrons. The summed E-state index contributed by atoms with van der Waals surface area (Å²) in [5.41, 5.74) is 0.766. The first-order valence-electron chi connectivity index (χ1n) is 5.65. The summed E-state index contributed by atoms with van der Waals surface area (Å²) >= 11 is 0. The van der Waals surface area contributed by atoms with Gasteiger partial charge in [0.1, 0.15) is 11.5 Å². The van der Waals surface area contributed by atoms with Crippen molar-refractivity contribution in [1.29, 1.82) is 0 Å². The average molecular weight is 224 g/mol. The highest BCUT2D eigenvalue weighted by Gasteiger charge is 2.08. The van der Waals surface area contributed by atoms with Crippen LogP contribution in [0.5, 0.6) is 11.5 Å². The van der Waals surface area contributed by atoms with Gasteiger partial charge < -0.3 is 14.6 Å². The van der Waals surface area contributed by atoms with Crippen molar-refractivity contribution in [3.63, 3.8) is 0 Å². The summed E-state index contributed by atoms with van der Waals surface area (Å²) in [5, 5.41) is 9.25. The lowest BCUT2D eigenvalue weighted by molar-refractivity contribution is 0.199. The van der Waals surface area contributed by atoms with E-state index in [1.54, 1.807) is 13.2 Å². The van der Waals surface area contributed by atoms with Crippen molar-refractivity contribution in [3.8, 4) is 11.5 Å². The molecule has 1 atom stereocenters. The molecule has 1 N–H and O–H groups in total. The molecular weight excluding hydrogens is 204 g/mol. The molecule has 1 unspecified atom stereocenters. The molecule has 1 aromatic carbocycles. The minimum atomic E-state index is -0.0363. The molecule has 1 rings (SSSR count). The molecule has 0 aliphatic carbocycles. The van der Waals surface area contributed by atoms with Gasteiger partial charge in [-0.05, 0) is 31.5 Å². The van der Waals surface area contributed by atoms with Crippen molar-refractivity contribution in [2.24, 2.45) is 0 Å². The molecule has 0 amide bonds. The zero-order valence-corrected chi connectivity index (χ0v) is 10.2. The molecule has 0 radical (unpaired) electrons. The normalized spacial score (nSPS) is 12.2. The molecule has 0 aromatic heterocycles. The van der Waals surface area contributed by atoms with Crippen LogP contribution in [0.3, 0.4) is 0 Å². The Morgan fingerprint density at radius 1 is 1.38 bits per heavy atom. The molecule has 0 aliphatic rings. The van der Waals surface area contributed by atoms with E-state index in [0.29, 0.717) is 0 Å². The van der Waals surface area contributed by atoms with Crippen molar-refractivity contribution in [3.05, 3.63) is 23.8 Å². The highest BCUT2D eigenvalue weighted by Crippen LogP contribution is 2.25. The Balaban J connectivity index is 2.78. The van der Waals surface area contributed by atoms with Gasteiger partial charge in [-0.25, -0.2) is 0 Å². The molecule has 3 nitrogen and oxygen atoms in total. The monoisotopic (exact) mass is 224 g/mol. The number of benzene rings is 1. The molecule has 0 saturated carbocycles. The van der Waals surface area contributed by atoms with Crippen LogP contribution in [0.15, 0.2) is 18.2 Å². The van der Waals surface area contributed by atoms with E-state index < -0.39 is 0 Å². The van der Waals surface area contributed by atoms with Crippen LogP contribution in [-0.2, 0) is 6.61 Å². The van der Waals surface area contributed by atoms with Crippen LogP contribution in [0, 0.1) is 0 Å². The molecule has 0 heterocycles. The van der Waals surface area contributed by atoms with Gasteiger partial charge in [-0.2, -0.15) is 0 Å². The summed E-state index contributed by atoms with van der Waals surface area (Å²) in [6.45, 7) is 4.13. The van der Waals surface area contributed by atoms with E-state index in [0.717, 1.165) is 29.9 Å². The van der Waals surface area contributed by atoms with Crippen molar-refractivity contribution < 1.29 is 14.6 Å². The lowest BCUT2D eigenvalue weighted by Gasteiger charge is -2.16. The first-order chi connectivity index (χ1) is 7.71. The fourth-order valence-corrected chi connectivity index (χ4v) is 1.60. The minimum absolute atomic E-state index is 0.0363. The third kappa shape index (κ3) is 3.42. The Hall–Kier alpha value is -1.22. The summed E-state index contributed by atoms with van der Waals surface area (Å²) in [4.78, 5) is 0. The summed E-state index contributed by atoms with van der Waals surface area (Å²) in [7, 11) is 1.61. The van der Waals surface area contributed by atoms with Gasteiger partial charge in [-0.3, -0.25) is 0 Å². The maximum absolute atomic E-state index is 9.25. The highest BCUT2D eigenvalue weighted by molar-refractivity contribution is 5.40.